The molecule has 0 spiro atoms. The van der Waals surface area contributed by atoms with Gasteiger partial charge in [-0.15, -0.1) is 0 Å². The first kappa shape index (κ1) is 22.1. The van der Waals surface area contributed by atoms with Gasteiger partial charge in [0.15, 0.2) is 0 Å². The van der Waals surface area contributed by atoms with Gasteiger partial charge in [0.1, 0.15) is 0 Å². The van der Waals surface area contributed by atoms with Crippen LogP contribution >= 0.6 is 0 Å². The molecule has 0 unspecified atom stereocenters. The number of carbonyl (C=O) groups is 1. The molecule has 176 valence electrons. The molecule has 4 aliphatic carbocycles. The summed E-state index contributed by atoms with van der Waals surface area (Å²) in [6, 6.07) is 5.75. The average molecular weight is 518 g/mol. The number of hydrogen-bond acceptors (Lipinski definition) is 5. The molecule has 4 bridgehead atoms. The van der Waals surface area contributed by atoms with Crippen molar-refractivity contribution >= 4 is 38.8 Å². The number of hydrogen-bond donors (Lipinski definition) is 1. The molecule has 1 N–H and O–H groups in total. The Morgan fingerprint density at radius 2 is 1.88 bits per heavy atom. The molecule has 4 saturated carbocycles. The van der Waals surface area contributed by atoms with Crippen LogP contribution in [0.2, 0.25) is 0 Å². The van der Waals surface area contributed by atoms with Crippen molar-refractivity contribution in [3.8, 4) is 0 Å². The third-order valence-corrected chi connectivity index (χ3v) is 9.19. The summed E-state index contributed by atoms with van der Waals surface area (Å²) in [7, 11) is 1.96. The molecule has 3 aromatic rings. The minimum atomic E-state index is -0.00564. The van der Waals surface area contributed by atoms with Gasteiger partial charge < -0.3 is 0 Å². The van der Waals surface area contributed by atoms with Gasteiger partial charge in [-0.1, -0.05) is 0 Å². The van der Waals surface area contributed by atoms with Crippen LogP contribution in [0.25, 0.3) is 5.65 Å². The van der Waals surface area contributed by atoms with Gasteiger partial charge >= 0.3 is 148 Å². The van der Waals surface area contributed by atoms with Crippen LogP contribution in [0.15, 0.2) is 30.6 Å². The number of anilines is 1. The molecule has 0 aromatic carbocycles. The Balaban J connectivity index is 1.18. The third kappa shape index (κ3) is 4.02. The van der Waals surface area contributed by atoms with Crippen LogP contribution in [0.1, 0.15) is 60.3 Å². The van der Waals surface area contributed by atoms with E-state index < -0.39 is 0 Å². The van der Waals surface area contributed by atoms with Crippen molar-refractivity contribution in [1.29, 1.82) is 0 Å². The SMILES string of the molecule is Cc1cnc(N(C)Cc2cn3c(C(=O)NCC45CC6CC(CC(C6)C4)C5)cccc3n2)nc1[As]. The van der Waals surface area contributed by atoms with Crippen molar-refractivity contribution in [2.24, 2.45) is 23.2 Å². The van der Waals surface area contributed by atoms with E-state index in [2.05, 4.69) is 32.1 Å². The number of nitrogens with one attached hydrogen (secondary N) is 1. The predicted molar refractivity (Wildman–Crippen MR) is 132 cm³/mol. The Morgan fingerprint density at radius 1 is 1.18 bits per heavy atom. The molecule has 1 amide bonds. The maximum absolute atomic E-state index is 13.3. The fourth-order valence-electron chi connectivity index (χ4n) is 7.11. The van der Waals surface area contributed by atoms with Crippen LogP contribution in [-0.2, 0) is 6.54 Å². The Morgan fingerprint density at radius 3 is 2.56 bits per heavy atom. The Labute approximate surface area is 209 Å². The standard InChI is InChI=1S/C26H31AsN6O/c1-16-12-28-25(31-23(16)27)32(2)13-20-14-33-21(4-3-5-22(33)30-20)24(34)29-15-26-9-17-6-18(10-26)8-19(7-17)11-26/h3-5,12,14,17-19H,6-11,13,15H2,1-2H3,(H,29,34). The second-order valence-electron chi connectivity index (χ2n) is 11.0. The Hall–Kier alpha value is -2.40. The van der Waals surface area contributed by atoms with E-state index in [1.54, 1.807) is 0 Å². The Kier molecular flexibility index (Phi) is 5.44. The summed E-state index contributed by atoms with van der Waals surface area (Å²) in [5.74, 6) is 3.32. The van der Waals surface area contributed by atoms with Gasteiger partial charge in [0.05, 0.1) is 0 Å². The summed E-state index contributed by atoms with van der Waals surface area (Å²) < 4.78 is 2.83. The summed E-state index contributed by atoms with van der Waals surface area (Å²) in [5, 5.41) is 3.32. The molecule has 3 aromatic heterocycles. The molecular formula is C26H31AsN6O. The van der Waals surface area contributed by atoms with E-state index in [-0.39, 0.29) is 5.91 Å². The van der Waals surface area contributed by atoms with Crippen LogP contribution < -0.4 is 14.7 Å². The van der Waals surface area contributed by atoms with E-state index >= 15 is 0 Å². The number of aryl methyl sites for hydroxylation is 1. The molecule has 7 rings (SSSR count). The first-order valence-electron chi connectivity index (χ1n) is 12.4. The van der Waals surface area contributed by atoms with Gasteiger partial charge in [0.2, 0.25) is 0 Å². The van der Waals surface area contributed by atoms with Gasteiger partial charge in [-0.25, -0.2) is 0 Å². The zero-order valence-corrected chi connectivity index (χ0v) is 21.7. The van der Waals surface area contributed by atoms with Crippen molar-refractivity contribution in [3.63, 3.8) is 0 Å². The van der Waals surface area contributed by atoms with Crippen LogP contribution in [0, 0.1) is 30.1 Å². The van der Waals surface area contributed by atoms with Crippen molar-refractivity contribution in [1.82, 2.24) is 24.7 Å². The van der Waals surface area contributed by atoms with Gasteiger partial charge in [-0.2, -0.15) is 0 Å². The molecule has 7 nitrogen and oxygen atoms in total. The first-order valence-corrected chi connectivity index (χ1v) is 13.3. The average Bonchev–Trinajstić information content (AvgIpc) is 3.21. The molecule has 4 fully saturated rings. The van der Waals surface area contributed by atoms with Crippen molar-refractivity contribution in [3.05, 3.63) is 47.5 Å². The fourth-order valence-corrected chi connectivity index (χ4v) is 7.42. The summed E-state index contributed by atoms with van der Waals surface area (Å²) in [6.07, 6.45) is 12.0. The number of carbonyl (C=O) groups excluding carboxylic acids is 1. The van der Waals surface area contributed by atoms with Crippen LogP contribution in [-0.4, -0.2) is 55.7 Å². The molecule has 0 atom stereocenters. The second-order valence-corrected chi connectivity index (χ2v) is 11.9. The summed E-state index contributed by atoms with van der Waals surface area (Å²) in [6.45, 7) is 3.36. The Bertz CT molecular complexity index is 1220. The maximum atomic E-state index is 13.3. The number of amides is 1. The predicted octanol–water partition coefficient (Wildman–Crippen LogP) is 2.81. The van der Waals surface area contributed by atoms with Gasteiger partial charge in [-0.05, 0) is 61.7 Å². The van der Waals surface area contributed by atoms with E-state index in [1.807, 2.05) is 53.9 Å². The fraction of sp³-hybridized carbons (Fsp3) is 0.538. The number of pyridine rings is 1. The molecular weight excluding hydrogens is 487 g/mol. The molecule has 2 radical (unpaired) electrons. The molecule has 4 aliphatic rings. The monoisotopic (exact) mass is 518 g/mol. The molecule has 3 heterocycles. The molecule has 0 aliphatic heterocycles. The molecule has 0 saturated heterocycles. The molecule has 34 heavy (non-hydrogen) atoms. The van der Waals surface area contributed by atoms with Gasteiger partial charge in [-0.3, -0.25) is 0 Å². The van der Waals surface area contributed by atoms with Crippen molar-refractivity contribution < 1.29 is 4.79 Å². The summed E-state index contributed by atoms with van der Waals surface area (Å²) in [4.78, 5) is 29.0. The topological polar surface area (TPSA) is 75.4 Å². The zero-order valence-electron chi connectivity index (χ0n) is 19.9. The van der Waals surface area contributed by atoms with E-state index in [1.165, 1.54) is 38.5 Å². The van der Waals surface area contributed by atoms with E-state index in [9.17, 15) is 4.79 Å². The van der Waals surface area contributed by atoms with Crippen LogP contribution in [0.4, 0.5) is 5.95 Å². The number of fused-ring (bicyclic) bond motifs is 1. The van der Waals surface area contributed by atoms with Crippen molar-refractivity contribution in [2.45, 2.75) is 52.0 Å². The number of aromatic nitrogens is 4. The van der Waals surface area contributed by atoms with Crippen LogP contribution in [0.5, 0.6) is 0 Å². The number of nitrogens with zero attached hydrogens (tertiary/aromatic N) is 5. The second kappa shape index (κ2) is 8.37. The molecule has 8 heteroatoms. The third-order valence-electron chi connectivity index (χ3n) is 8.24. The van der Waals surface area contributed by atoms with E-state index in [0.717, 1.165) is 45.7 Å². The summed E-state index contributed by atoms with van der Waals surface area (Å²) in [5.41, 5.74) is 3.67. The quantitative estimate of drug-likeness (QED) is 0.508. The first-order chi connectivity index (χ1) is 16.4. The van der Waals surface area contributed by atoms with Crippen LogP contribution in [0.3, 0.4) is 0 Å². The zero-order chi connectivity index (χ0) is 23.4. The minimum absolute atomic E-state index is 0.00564. The van der Waals surface area contributed by atoms with Crippen molar-refractivity contribution in [2.75, 3.05) is 18.5 Å². The van der Waals surface area contributed by atoms with Gasteiger partial charge in [0, 0.05) is 0 Å². The number of imidazole rings is 1. The van der Waals surface area contributed by atoms with Gasteiger partial charge in [0.25, 0.3) is 0 Å². The van der Waals surface area contributed by atoms with E-state index in [0.29, 0.717) is 23.6 Å². The normalized spacial score (nSPS) is 27.3. The van der Waals surface area contributed by atoms with E-state index in [4.69, 9.17) is 4.98 Å². The summed E-state index contributed by atoms with van der Waals surface area (Å²) >= 11 is 2.49. The number of rotatable bonds is 6.